The molecule has 2 aromatic carbocycles. The first-order chi connectivity index (χ1) is 13.7. The van der Waals surface area contributed by atoms with E-state index in [1.54, 1.807) is 6.07 Å². The van der Waals surface area contributed by atoms with Crippen LogP contribution in [0, 0.1) is 23.1 Å². The fourth-order valence-electron chi connectivity index (χ4n) is 4.20. The maximum atomic E-state index is 13.6. The van der Waals surface area contributed by atoms with Crippen molar-refractivity contribution in [3.05, 3.63) is 65.0 Å². The highest BCUT2D eigenvalue weighted by atomic mass is 19.1. The van der Waals surface area contributed by atoms with Crippen molar-refractivity contribution in [1.29, 1.82) is 5.26 Å². The number of nitriles is 1. The predicted molar refractivity (Wildman–Crippen MR) is 111 cm³/mol. The molecule has 0 N–H and O–H groups in total. The molecular formula is C25H30FNO. The van der Waals surface area contributed by atoms with Gasteiger partial charge in [-0.05, 0) is 60.8 Å². The van der Waals surface area contributed by atoms with E-state index in [1.165, 1.54) is 69.1 Å². The Kier molecular flexibility index (Phi) is 7.48. The molecule has 2 nitrogen and oxygen atoms in total. The second-order valence-corrected chi connectivity index (χ2v) is 8.00. The van der Waals surface area contributed by atoms with E-state index in [0.29, 0.717) is 18.3 Å². The SMILES string of the molecule is CCCCCC1CCC(c2ccc(COc3ccc(C#N)c(F)c3)cc2)CC1. The molecule has 0 heterocycles. The minimum absolute atomic E-state index is 0.0387. The van der Waals surface area contributed by atoms with E-state index in [9.17, 15) is 4.39 Å². The number of benzene rings is 2. The van der Waals surface area contributed by atoms with Crippen molar-refractivity contribution in [2.45, 2.75) is 70.8 Å². The smallest absolute Gasteiger partial charge is 0.144 e. The van der Waals surface area contributed by atoms with Crippen molar-refractivity contribution >= 4 is 0 Å². The Hall–Kier alpha value is -2.34. The van der Waals surface area contributed by atoms with E-state index in [2.05, 4.69) is 31.2 Å². The summed E-state index contributed by atoms with van der Waals surface area (Å²) in [4.78, 5) is 0. The lowest BCUT2D eigenvalue weighted by atomic mass is 9.77. The van der Waals surface area contributed by atoms with Crippen LogP contribution in [0.5, 0.6) is 5.75 Å². The van der Waals surface area contributed by atoms with Gasteiger partial charge in [0.15, 0.2) is 0 Å². The van der Waals surface area contributed by atoms with Crippen LogP contribution in [0.25, 0.3) is 0 Å². The molecule has 28 heavy (non-hydrogen) atoms. The first-order valence-corrected chi connectivity index (χ1v) is 10.6. The van der Waals surface area contributed by atoms with Gasteiger partial charge in [0.25, 0.3) is 0 Å². The van der Waals surface area contributed by atoms with Gasteiger partial charge in [-0.15, -0.1) is 0 Å². The number of nitrogens with zero attached hydrogens (tertiary/aromatic N) is 1. The van der Waals surface area contributed by atoms with Gasteiger partial charge >= 0.3 is 0 Å². The summed E-state index contributed by atoms with van der Waals surface area (Å²) >= 11 is 0. The molecule has 2 aromatic rings. The molecule has 148 valence electrons. The summed E-state index contributed by atoms with van der Waals surface area (Å²) in [6, 6.07) is 14.8. The van der Waals surface area contributed by atoms with Crippen LogP contribution in [0.3, 0.4) is 0 Å². The summed E-state index contributed by atoms with van der Waals surface area (Å²) in [7, 11) is 0. The monoisotopic (exact) mass is 379 g/mol. The quantitative estimate of drug-likeness (QED) is 0.457. The van der Waals surface area contributed by atoms with Gasteiger partial charge in [0, 0.05) is 6.07 Å². The second kappa shape index (κ2) is 10.3. The van der Waals surface area contributed by atoms with Gasteiger partial charge in [-0.1, -0.05) is 56.9 Å². The van der Waals surface area contributed by atoms with Gasteiger partial charge < -0.3 is 4.74 Å². The van der Waals surface area contributed by atoms with Crippen LogP contribution >= 0.6 is 0 Å². The summed E-state index contributed by atoms with van der Waals surface area (Å²) in [6.45, 7) is 2.67. The standard InChI is InChI=1S/C25H30FNO/c1-2-3-4-5-19-6-10-21(11-7-19)22-12-8-20(9-13-22)18-28-24-15-14-23(17-27)25(26)16-24/h8-9,12-16,19,21H,2-7,10-11,18H2,1H3. The van der Waals surface area contributed by atoms with E-state index in [0.717, 1.165) is 11.5 Å². The van der Waals surface area contributed by atoms with Crippen LogP contribution in [0.1, 0.15) is 80.9 Å². The number of ether oxygens (including phenoxy) is 1. The van der Waals surface area contributed by atoms with Gasteiger partial charge in [-0.25, -0.2) is 4.39 Å². The zero-order chi connectivity index (χ0) is 19.8. The average Bonchev–Trinajstić information content (AvgIpc) is 2.73. The third kappa shape index (κ3) is 5.58. The molecule has 0 spiro atoms. The van der Waals surface area contributed by atoms with E-state index in [4.69, 9.17) is 10.00 Å². The van der Waals surface area contributed by atoms with Gasteiger partial charge in [-0.3, -0.25) is 0 Å². The Morgan fingerprint density at radius 1 is 1.04 bits per heavy atom. The molecule has 1 saturated carbocycles. The zero-order valence-corrected chi connectivity index (χ0v) is 16.8. The van der Waals surface area contributed by atoms with E-state index in [1.807, 2.05) is 6.07 Å². The van der Waals surface area contributed by atoms with Crippen LogP contribution in [-0.4, -0.2) is 0 Å². The van der Waals surface area contributed by atoms with E-state index >= 15 is 0 Å². The molecule has 1 fully saturated rings. The van der Waals surface area contributed by atoms with Crippen molar-refractivity contribution in [2.24, 2.45) is 5.92 Å². The number of unbranched alkanes of at least 4 members (excludes halogenated alkanes) is 2. The normalized spacial score (nSPS) is 19.2. The van der Waals surface area contributed by atoms with Crippen LogP contribution < -0.4 is 4.74 Å². The highest BCUT2D eigenvalue weighted by molar-refractivity contribution is 5.36. The maximum absolute atomic E-state index is 13.6. The summed E-state index contributed by atoms with van der Waals surface area (Å²) < 4.78 is 19.3. The third-order valence-electron chi connectivity index (χ3n) is 5.98. The third-order valence-corrected chi connectivity index (χ3v) is 5.98. The first-order valence-electron chi connectivity index (χ1n) is 10.6. The molecular weight excluding hydrogens is 349 g/mol. The number of rotatable bonds is 8. The Balaban J connectivity index is 1.48. The topological polar surface area (TPSA) is 33.0 Å². The summed E-state index contributed by atoms with van der Waals surface area (Å²) in [5, 5.41) is 8.78. The first kappa shape index (κ1) is 20.4. The highest BCUT2D eigenvalue weighted by Crippen LogP contribution is 2.37. The molecule has 0 amide bonds. The number of hydrogen-bond acceptors (Lipinski definition) is 2. The van der Waals surface area contributed by atoms with Gasteiger partial charge in [0.2, 0.25) is 0 Å². The minimum atomic E-state index is -0.541. The molecule has 0 radical (unpaired) electrons. The lowest BCUT2D eigenvalue weighted by Crippen LogP contribution is -2.13. The Labute approximate surface area is 168 Å². The molecule has 3 rings (SSSR count). The Morgan fingerprint density at radius 2 is 1.79 bits per heavy atom. The van der Waals surface area contributed by atoms with E-state index < -0.39 is 5.82 Å². The molecule has 3 heteroatoms. The van der Waals surface area contributed by atoms with Crippen molar-refractivity contribution in [3.63, 3.8) is 0 Å². The molecule has 0 atom stereocenters. The van der Waals surface area contributed by atoms with Crippen molar-refractivity contribution in [3.8, 4) is 11.8 Å². The maximum Gasteiger partial charge on any atom is 0.144 e. The summed E-state index contributed by atoms with van der Waals surface area (Å²) in [5.74, 6) is 1.52. The van der Waals surface area contributed by atoms with Crippen molar-refractivity contribution in [2.75, 3.05) is 0 Å². The zero-order valence-electron chi connectivity index (χ0n) is 16.8. The fourth-order valence-corrected chi connectivity index (χ4v) is 4.20. The lowest BCUT2D eigenvalue weighted by Gasteiger charge is -2.29. The fraction of sp³-hybridized carbons (Fsp3) is 0.480. The van der Waals surface area contributed by atoms with Crippen LogP contribution in [0.15, 0.2) is 42.5 Å². The van der Waals surface area contributed by atoms with Crippen molar-refractivity contribution in [1.82, 2.24) is 0 Å². The summed E-state index contributed by atoms with van der Waals surface area (Å²) in [5.41, 5.74) is 2.54. The largest absolute Gasteiger partial charge is 0.489 e. The molecule has 1 aliphatic rings. The Morgan fingerprint density at radius 3 is 2.43 bits per heavy atom. The van der Waals surface area contributed by atoms with Crippen molar-refractivity contribution < 1.29 is 9.13 Å². The molecule has 0 bridgehead atoms. The number of halogens is 1. The predicted octanol–water partition coefficient (Wildman–Crippen LogP) is 7.13. The van der Waals surface area contributed by atoms with Crippen LogP contribution in [-0.2, 0) is 6.61 Å². The number of hydrogen-bond donors (Lipinski definition) is 0. The molecule has 1 aliphatic carbocycles. The lowest BCUT2D eigenvalue weighted by molar-refractivity contribution is 0.301. The van der Waals surface area contributed by atoms with Crippen LogP contribution in [0.4, 0.5) is 4.39 Å². The van der Waals surface area contributed by atoms with Gasteiger partial charge in [0.1, 0.15) is 24.2 Å². The highest BCUT2D eigenvalue weighted by Gasteiger charge is 2.21. The van der Waals surface area contributed by atoms with Gasteiger partial charge in [0.05, 0.1) is 5.56 Å². The second-order valence-electron chi connectivity index (χ2n) is 8.00. The summed E-state index contributed by atoms with van der Waals surface area (Å²) in [6.07, 6.45) is 10.8. The molecule has 0 aliphatic heterocycles. The molecule has 0 aromatic heterocycles. The van der Waals surface area contributed by atoms with E-state index in [-0.39, 0.29) is 5.56 Å². The Bertz CT molecular complexity index is 785. The van der Waals surface area contributed by atoms with Gasteiger partial charge in [-0.2, -0.15) is 5.26 Å². The molecule has 0 unspecified atom stereocenters. The average molecular weight is 380 g/mol. The molecule has 0 saturated heterocycles. The van der Waals surface area contributed by atoms with Crippen LogP contribution in [0.2, 0.25) is 0 Å². The minimum Gasteiger partial charge on any atom is -0.489 e.